The van der Waals surface area contributed by atoms with Crippen molar-refractivity contribution in [1.29, 1.82) is 0 Å². The molecular weight excluding hydrogens is 210 g/mol. The van der Waals surface area contributed by atoms with E-state index in [0.29, 0.717) is 18.7 Å². The largest absolute Gasteiger partial charge is 0.475 e. The first-order chi connectivity index (χ1) is 7.29. The molecule has 5 nitrogen and oxygen atoms in total. The van der Waals surface area contributed by atoms with Gasteiger partial charge in [-0.2, -0.15) is 0 Å². The first kappa shape index (κ1) is 12.7. The van der Waals surface area contributed by atoms with Crippen molar-refractivity contribution >= 4 is 5.97 Å². The van der Waals surface area contributed by atoms with Crippen LogP contribution >= 0.6 is 0 Å². The Balaban J connectivity index is 2.66. The van der Waals surface area contributed by atoms with Crippen LogP contribution in [0.3, 0.4) is 0 Å². The fraction of sp³-hybridized carbons (Fsp3) is 0.545. The van der Waals surface area contributed by atoms with Crippen LogP contribution in [0.5, 0.6) is 0 Å². The predicted octanol–water partition coefficient (Wildman–Crippen LogP) is 1.18. The summed E-state index contributed by atoms with van der Waals surface area (Å²) in [5, 5.41) is 18.5. The molecule has 2 N–H and O–H groups in total. The van der Waals surface area contributed by atoms with Gasteiger partial charge in [0.25, 0.3) is 0 Å². The number of aliphatic hydroxyl groups is 1. The summed E-state index contributed by atoms with van der Waals surface area (Å²) < 4.78 is 4.87. The lowest BCUT2D eigenvalue weighted by molar-refractivity contribution is 0.0422. The second-order valence-electron chi connectivity index (χ2n) is 4.56. The summed E-state index contributed by atoms with van der Waals surface area (Å²) in [5.41, 5.74) is -0.193. The van der Waals surface area contributed by atoms with Gasteiger partial charge in [-0.3, -0.25) is 4.90 Å². The molecule has 0 aromatic carbocycles. The van der Waals surface area contributed by atoms with Crippen LogP contribution in [-0.2, 0) is 6.54 Å². The molecule has 1 rings (SSSR count). The Morgan fingerprint density at radius 1 is 1.56 bits per heavy atom. The highest BCUT2D eigenvalue weighted by Crippen LogP contribution is 2.14. The minimum absolute atomic E-state index is 0.0393. The Bertz CT molecular complexity index is 364. The van der Waals surface area contributed by atoms with Crippen LogP contribution < -0.4 is 0 Å². The molecule has 1 aromatic heterocycles. The van der Waals surface area contributed by atoms with E-state index in [4.69, 9.17) is 9.52 Å². The van der Waals surface area contributed by atoms with Gasteiger partial charge < -0.3 is 14.6 Å². The maximum atomic E-state index is 10.8. The SMILES string of the molecule is CN(Cc1ccoc1C(=O)O)CC(C)(C)O. The highest BCUT2D eigenvalue weighted by Gasteiger charge is 2.19. The normalized spacial score (nSPS) is 12.1. The van der Waals surface area contributed by atoms with Crippen LogP contribution in [0.2, 0.25) is 0 Å². The molecule has 1 aromatic rings. The molecule has 0 bridgehead atoms. The molecule has 0 saturated heterocycles. The molecule has 16 heavy (non-hydrogen) atoms. The van der Waals surface area contributed by atoms with Gasteiger partial charge in [0.15, 0.2) is 0 Å². The van der Waals surface area contributed by atoms with Gasteiger partial charge in [0.05, 0.1) is 11.9 Å². The number of rotatable bonds is 5. The molecule has 0 amide bonds. The van der Waals surface area contributed by atoms with Gasteiger partial charge >= 0.3 is 5.97 Å². The number of likely N-dealkylation sites (N-methyl/N-ethyl adjacent to an activating group) is 1. The maximum Gasteiger partial charge on any atom is 0.372 e. The number of carboxylic acids is 1. The van der Waals surface area contributed by atoms with Crippen molar-refractivity contribution in [1.82, 2.24) is 4.90 Å². The van der Waals surface area contributed by atoms with Crippen LogP contribution in [-0.4, -0.2) is 40.3 Å². The summed E-state index contributed by atoms with van der Waals surface area (Å²) in [6, 6.07) is 1.63. The lowest BCUT2D eigenvalue weighted by Gasteiger charge is -2.25. The van der Waals surface area contributed by atoms with E-state index < -0.39 is 11.6 Å². The average Bonchev–Trinajstić information content (AvgIpc) is 2.47. The zero-order valence-corrected chi connectivity index (χ0v) is 9.73. The zero-order chi connectivity index (χ0) is 12.3. The lowest BCUT2D eigenvalue weighted by atomic mass is 10.1. The van der Waals surface area contributed by atoms with Crippen molar-refractivity contribution in [2.45, 2.75) is 26.0 Å². The molecule has 1 heterocycles. The second-order valence-corrected chi connectivity index (χ2v) is 4.56. The third-order valence-corrected chi connectivity index (χ3v) is 2.04. The van der Waals surface area contributed by atoms with Gasteiger partial charge in [0, 0.05) is 18.7 Å². The number of carbonyl (C=O) groups is 1. The Labute approximate surface area is 94.3 Å². The smallest absolute Gasteiger partial charge is 0.372 e. The van der Waals surface area contributed by atoms with Crippen LogP contribution in [0, 0.1) is 0 Å². The van der Waals surface area contributed by atoms with Crippen molar-refractivity contribution in [2.75, 3.05) is 13.6 Å². The summed E-state index contributed by atoms with van der Waals surface area (Å²) in [6.07, 6.45) is 1.36. The standard InChI is InChI=1S/C11H17NO4/c1-11(2,15)7-12(3)6-8-4-5-16-9(8)10(13)14/h4-5,15H,6-7H2,1-3H3,(H,13,14). The van der Waals surface area contributed by atoms with E-state index in [1.807, 2.05) is 11.9 Å². The first-order valence-electron chi connectivity index (χ1n) is 5.00. The maximum absolute atomic E-state index is 10.8. The van der Waals surface area contributed by atoms with Crippen LogP contribution in [0.4, 0.5) is 0 Å². The fourth-order valence-electron chi connectivity index (χ4n) is 1.66. The highest BCUT2D eigenvalue weighted by atomic mass is 16.4. The van der Waals surface area contributed by atoms with Gasteiger partial charge in [-0.25, -0.2) is 4.79 Å². The van der Waals surface area contributed by atoms with E-state index in [9.17, 15) is 9.90 Å². The highest BCUT2D eigenvalue weighted by molar-refractivity contribution is 5.86. The summed E-state index contributed by atoms with van der Waals surface area (Å²) >= 11 is 0. The quantitative estimate of drug-likeness (QED) is 0.790. The Kier molecular flexibility index (Phi) is 3.72. The van der Waals surface area contributed by atoms with Crippen molar-refractivity contribution < 1.29 is 19.4 Å². The monoisotopic (exact) mass is 227 g/mol. The molecule has 0 aliphatic rings. The molecule has 0 aliphatic heterocycles. The van der Waals surface area contributed by atoms with E-state index in [2.05, 4.69) is 0 Å². The summed E-state index contributed by atoms with van der Waals surface area (Å²) in [7, 11) is 1.82. The minimum atomic E-state index is -1.07. The first-order valence-corrected chi connectivity index (χ1v) is 5.00. The topological polar surface area (TPSA) is 73.9 Å². The van der Waals surface area contributed by atoms with Crippen molar-refractivity contribution in [3.05, 3.63) is 23.7 Å². The number of carboxylic acid groups (broad SMARTS) is 1. The summed E-state index contributed by atoms with van der Waals surface area (Å²) in [6.45, 7) is 4.30. The second kappa shape index (κ2) is 4.67. The number of aromatic carboxylic acids is 1. The summed E-state index contributed by atoms with van der Waals surface area (Å²) in [5.74, 6) is -1.11. The molecule has 0 radical (unpaired) electrons. The van der Waals surface area contributed by atoms with Gasteiger partial charge in [-0.1, -0.05) is 0 Å². The van der Waals surface area contributed by atoms with E-state index in [-0.39, 0.29) is 5.76 Å². The average molecular weight is 227 g/mol. The zero-order valence-electron chi connectivity index (χ0n) is 9.73. The van der Waals surface area contributed by atoms with Crippen LogP contribution in [0.1, 0.15) is 30.0 Å². The Morgan fingerprint density at radius 2 is 2.19 bits per heavy atom. The molecule has 0 saturated carbocycles. The molecule has 0 atom stereocenters. The van der Waals surface area contributed by atoms with Gasteiger partial charge in [0.1, 0.15) is 0 Å². The molecule has 0 fully saturated rings. The summed E-state index contributed by atoms with van der Waals surface area (Å²) in [4.78, 5) is 12.6. The van der Waals surface area contributed by atoms with E-state index in [1.165, 1.54) is 6.26 Å². The van der Waals surface area contributed by atoms with E-state index >= 15 is 0 Å². The Morgan fingerprint density at radius 3 is 2.69 bits per heavy atom. The van der Waals surface area contributed by atoms with Crippen LogP contribution in [0.25, 0.3) is 0 Å². The van der Waals surface area contributed by atoms with Crippen molar-refractivity contribution in [3.63, 3.8) is 0 Å². The number of nitrogens with zero attached hydrogens (tertiary/aromatic N) is 1. The number of hydrogen-bond acceptors (Lipinski definition) is 4. The van der Waals surface area contributed by atoms with Gasteiger partial charge in [0.2, 0.25) is 5.76 Å². The molecule has 5 heteroatoms. The van der Waals surface area contributed by atoms with Crippen molar-refractivity contribution in [3.8, 4) is 0 Å². The lowest BCUT2D eigenvalue weighted by Crippen LogP contribution is -2.35. The van der Waals surface area contributed by atoms with Gasteiger partial charge in [-0.05, 0) is 27.0 Å². The number of furan rings is 1. The molecule has 0 unspecified atom stereocenters. The Hall–Kier alpha value is -1.33. The van der Waals surface area contributed by atoms with Crippen LogP contribution in [0.15, 0.2) is 16.7 Å². The number of hydrogen-bond donors (Lipinski definition) is 2. The van der Waals surface area contributed by atoms with E-state index in [1.54, 1.807) is 19.9 Å². The third kappa shape index (κ3) is 3.67. The fourth-order valence-corrected chi connectivity index (χ4v) is 1.66. The predicted molar refractivity (Wildman–Crippen MR) is 58.3 cm³/mol. The third-order valence-electron chi connectivity index (χ3n) is 2.04. The molecule has 0 aliphatic carbocycles. The molecular formula is C11H17NO4. The van der Waals surface area contributed by atoms with E-state index in [0.717, 1.165) is 0 Å². The van der Waals surface area contributed by atoms with Gasteiger partial charge in [-0.15, -0.1) is 0 Å². The molecule has 0 spiro atoms. The minimum Gasteiger partial charge on any atom is -0.475 e. The molecule has 90 valence electrons. The van der Waals surface area contributed by atoms with Crippen molar-refractivity contribution in [2.24, 2.45) is 0 Å².